The highest BCUT2D eigenvalue weighted by molar-refractivity contribution is 7.10. The molecule has 2 saturated heterocycles. The summed E-state index contributed by atoms with van der Waals surface area (Å²) in [4.78, 5) is 17.5. The lowest BCUT2D eigenvalue weighted by Gasteiger charge is -2.25. The number of hydrogen-bond donors (Lipinski definition) is 1. The molecule has 0 aliphatic carbocycles. The zero-order valence-electron chi connectivity index (χ0n) is 12.8. The predicted molar refractivity (Wildman–Crippen MR) is 91.4 cm³/mol. The van der Waals surface area contributed by atoms with Crippen LogP contribution in [-0.4, -0.2) is 25.6 Å². The number of quaternary nitrogens is 1. The van der Waals surface area contributed by atoms with E-state index in [1.165, 1.54) is 9.78 Å². The molecular weight excluding hydrogens is 332 g/mol. The largest absolute Gasteiger partial charge is 0.495 e. The van der Waals surface area contributed by atoms with E-state index < -0.39 is 0 Å². The van der Waals surface area contributed by atoms with Crippen LogP contribution in [0.2, 0.25) is 5.02 Å². The second-order valence-corrected chi connectivity index (χ2v) is 7.35. The maximum absolute atomic E-state index is 13.0. The van der Waals surface area contributed by atoms with Gasteiger partial charge in [0.25, 0.3) is 5.91 Å². The fraction of sp³-hybridized carbons (Fsp3) is 0.353. The smallest absolute Gasteiger partial charge is 0.290 e. The first kappa shape index (κ1) is 15.0. The number of methoxy groups -OCH3 is 1. The topological polar surface area (TPSA) is 34.0 Å². The summed E-state index contributed by atoms with van der Waals surface area (Å²) in [5, 5.41) is 2.60. The van der Waals surface area contributed by atoms with Crippen LogP contribution in [0, 0.1) is 0 Å². The average molecular weight is 350 g/mol. The van der Waals surface area contributed by atoms with E-state index in [0.29, 0.717) is 10.8 Å². The molecule has 6 heteroatoms. The van der Waals surface area contributed by atoms with Gasteiger partial charge in [-0.05, 0) is 29.6 Å². The third-order valence-corrected chi connectivity index (χ3v) is 6.00. The summed E-state index contributed by atoms with van der Waals surface area (Å²) < 4.78 is 5.22. The number of anilines is 1. The second kappa shape index (κ2) is 5.82. The van der Waals surface area contributed by atoms with Crippen molar-refractivity contribution in [2.45, 2.75) is 25.0 Å². The standard InChI is InChI=1S/C17H17ClN2O2S/c1-22-14-7-6-11(10-12(14)18)20-16(15-5-3-9-23-15)19-8-2-4-13(19)17(20)21/h3,5-7,9-10,13,16H,2,4,8H2,1H3/p+1/t13-,16-/m1/s1. The van der Waals surface area contributed by atoms with E-state index in [2.05, 4.69) is 11.4 Å². The minimum Gasteiger partial charge on any atom is -0.495 e. The number of thiophene rings is 1. The molecule has 0 spiro atoms. The van der Waals surface area contributed by atoms with Crippen LogP contribution >= 0.6 is 22.9 Å². The van der Waals surface area contributed by atoms with Gasteiger partial charge < -0.3 is 9.64 Å². The molecule has 3 atom stereocenters. The lowest BCUT2D eigenvalue weighted by atomic mass is 10.2. The Morgan fingerprint density at radius 3 is 2.96 bits per heavy atom. The van der Waals surface area contributed by atoms with Crippen molar-refractivity contribution in [3.8, 4) is 5.75 Å². The van der Waals surface area contributed by atoms with Crippen molar-refractivity contribution in [1.82, 2.24) is 0 Å². The molecule has 1 unspecified atom stereocenters. The molecule has 2 fully saturated rings. The zero-order valence-corrected chi connectivity index (χ0v) is 14.4. The minimum atomic E-state index is 0.0551. The number of fused-ring (bicyclic) bond motifs is 1. The average Bonchev–Trinajstić information content (AvgIpc) is 3.26. The molecule has 3 heterocycles. The first-order valence-corrected chi connectivity index (χ1v) is 9.02. The van der Waals surface area contributed by atoms with Gasteiger partial charge in [0.2, 0.25) is 6.17 Å². The van der Waals surface area contributed by atoms with E-state index in [9.17, 15) is 4.79 Å². The van der Waals surface area contributed by atoms with E-state index in [4.69, 9.17) is 16.3 Å². The number of halogens is 1. The first-order chi connectivity index (χ1) is 11.2. The highest BCUT2D eigenvalue weighted by Gasteiger charge is 2.53. The SMILES string of the molecule is COc1ccc(N2C(=O)[C@H]3CCC[NH+]3[C@H]2c2cccs2)cc1Cl. The van der Waals surface area contributed by atoms with Crippen LogP contribution in [0.25, 0.3) is 0 Å². The zero-order chi connectivity index (χ0) is 16.0. The minimum absolute atomic E-state index is 0.0551. The van der Waals surface area contributed by atoms with Crippen LogP contribution in [0.4, 0.5) is 5.69 Å². The van der Waals surface area contributed by atoms with Gasteiger partial charge in [-0.3, -0.25) is 9.69 Å². The van der Waals surface area contributed by atoms with Gasteiger partial charge in [0.1, 0.15) is 5.75 Å². The highest BCUT2D eigenvalue weighted by atomic mass is 35.5. The Morgan fingerprint density at radius 1 is 1.39 bits per heavy atom. The maximum atomic E-state index is 13.0. The fourth-order valence-electron chi connectivity index (χ4n) is 3.78. The van der Waals surface area contributed by atoms with Crippen molar-refractivity contribution in [1.29, 1.82) is 0 Å². The third-order valence-electron chi connectivity index (χ3n) is 4.78. The van der Waals surface area contributed by atoms with Crippen LogP contribution in [0.15, 0.2) is 35.7 Å². The van der Waals surface area contributed by atoms with Gasteiger partial charge in [0.05, 0.1) is 29.2 Å². The molecule has 0 bridgehead atoms. The number of ether oxygens (including phenoxy) is 1. The number of nitrogens with one attached hydrogen (secondary N) is 1. The maximum Gasteiger partial charge on any atom is 0.290 e. The quantitative estimate of drug-likeness (QED) is 0.923. The Labute approximate surface area is 144 Å². The van der Waals surface area contributed by atoms with Crippen molar-refractivity contribution < 1.29 is 14.4 Å². The first-order valence-electron chi connectivity index (χ1n) is 7.76. The number of hydrogen-bond acceptors (Lipinski definition) is 3. The molecular formula is C17H18ClN2O2S+. The second-order valence-electron chi connectivity index (χ2n) is 5.96. The summed E-state index contributed by atoms with van der Waals surface area (Å²) in [6.45, 7) is 1.04. The van der Waals surface area contributed by atoms with Gasteiger partial charge in [0, 0.05) is 12.8 Å². The Kier molecular flexibility index (Phi) is 3.79. The molecule has 0 radical (unpaired) electrons. The van der Waals surface area contributed by atoms with Crippen LogP contribution in [0.1, 0.15) is 23.9 Å². The summed E-state index contributed by atoms with van der Waals surface area (Å²) in [7, 11) is 1.59. The van der Waals surface area contributed by atoms with Gasteiger partial charge in [-0.25, -0.2) is 0 Å². The fourth-order valence-corrected chi connectivity index (χ4v) is 4.89. The van der Waals surface area contributed by atoms with E-state index in [-0.39, 0.29) is 18.1 Å². The van der Waals surface area contributed by atoms with Crippen molar-refractivity contribution in [2.75, 3.05) is 18.6 Å². The monoisotopic (exact) mass is 349 g/mol. The van der Waals surface area contributed by atoms with Gasteiger partial charge >= 0.3 is 0 Å². The normalized spacial score (nSPS) is 26.6. The molecule has 0 saturated carbocycles. The highest BCUT2D eigenvalue weighted by Crippen LogP contribution is 2.36. The van der Waals surface area contributed by atoms with E-state index in [1.54, 1.807) is 18.4 Å². The van der Waals surface area contributed by atoms with E-state index in [1.807, 2.05) is 29.2 Å². The molecule has 2 aliphatic rings. The molecule has 4 nitrogen and oxygen atoms in total. The van der Waals surface area contributed by atoms with E-state index >= 15 is 0 Å². The van der Waals surface area contributed by atoms with Crippen LogP contribution in [0.5, 0.6) is 5.75 Å². The van der Waals surface area contributed by atoms with Crippen LogP contribution < -0.4 is 14.5 Å². The lowest BCUT2D eigenvalue weighted by Crippen LogP contribution is -3.12. The number of carbonyl (C=O) groups excluding carboxylic acids is 1. The Bertz CT molecular complexity index is 734. The summed E-state index contributed by atoms with van der Waals surface area (Å²) in [5.74, 6) is 0.833. The molecule has 1 aromatic carbocycles. The summed E-state index contributed by atoms with van der Waals surface area (Å²) in [5.41, 5.74) is 0.848. The number of benzene rings is 1. The third kappa shape index (κ3) is 2.35. The molecule has 4 rings (SSSR count). The van der Waals surface area contributed by atoms with Gasteiger partial charge in [0.15, 0.2) is 6.04 Å². The van der Waals surface area contributed by atoms with Gasteiger partial charge in [-0.1, -0.05) is 17.7 Å². The molecule has 23 heavy (non-hydrogen) atoms. The number of rotatable bonds is 3. The molecule has 2 aliphatic heterocycles. The molecule has 120 valence electrons. The number of amides is 1. The summed E-state index contributed by atoms with van der Waals surface area (Å²) in [6.07, 6.45) is 2.14. The molecule has 2 aromatic rings. The summed E-state index contributed by atoms with van der Waals surface area (Å²) in [6, 6.07) is 9.82. The molecule has 1 aromatic heterocycles. The Balaban J connectivity index is 1.78. The summed E-state index contributed by atoms with van der Waals surface area (Å²) >= 11 is 7.99. The Hall–Kier alpha value is -1.56. The van der Waals surface area contributed by atoms with Crippen molar-refractivity contribution in [3.63, 3.8) is 0 Å². The van der Waals surface area contributed by atoms with Gasteiger partial charge in [-0.2, -0.15) is 0 Å². The van der Waals surface area contributed by atoms with Gasteiger partial charge in [-0.15, -0.1) is 11.3 Å². The number of carbonyl (C=O) groups is 1. The van der Waals surface area contributed by atoms with Crippen LogP contribution in [-0.2, 0) is 4.79 Å². The molecule has 1 amide bonds. The predicted octanol–water partition coefficient (Wildman–Crippen LogP) is 2.50. The van der Waals surface area contributed by atoms with Crippen molar-refractivity contribution >= 4 is 34.5 Å². The van der Waals surface area contributed by atoms with Crippen molar-refractivity contribution in [3.05, 3.63) is 45.6 Å². The lowest BCUT2D eigenvalue weighted by molar-refractivity contribution is -0.924. The number of nitrogens with zero attached hydrogens (tertiary/aromatic N) is 1. The van der Waals surface area contributed by atoms with E-state index in [0.717, 1.165) is 25.1 Å². The van der Waals surface area contributed by atoms with Crippen LogP contribution in [0.3, 0.4) is 0 Å². The van der Waals surface area contributed by atoms with Crippen molar-refractivity contribution in [2.24, 2.45) is 0 Å². The Morgan fingerprint density at radius 2 is 2.26 bits per heavy atom. The molecule has 1 N–H and O–H groups in total.